The van der Waals surface area contributed by atoms with Crippen molar-refractivity contribution in [3.63, 3.8) is 0 Å². The van der Waals surface area contributed by atoms with E-state index in [9.17, 15) is 0 Å². The van der Waals surface area contributed by atoms with Crippen LogP contribution in [0, 0.1) is 0 Å². The smallest absolute Gasteiger partial charge is 0.119 e. The third-order valence-corrected chi connectivity index (χ3v) is 7.35. The Morgan fingerprint density at radius 2 is 1.08 bits per heavy atom. The summed E-state index contributed by atoms with van der Waals surface area (Å²) in [5, 5.41) is 5.04. The molecule has 0 saturated carbocycles. The molecule has 0 unspecified atom stereocenters. The summed E-state index contributed by atoms with van der Waals surface area (Å²) in [6.45, 7) is 0. The van der Waals surface area contributed by atoms with E-state index in [1.807, 2.05) is 12.1 Å². The Bertz CT molecular complexity index is 1680. The van der Waals surface area contributed by atoms with Crippen molar-refractivity contribution in [3.8, 4) is 5.75 Å². The zero-order chi connectivity index (χ0) is 25.9. The highest BCUT2D eigenvalue weighted by Gasteiger charge is 2.13. The summed E-state index contributed by atoms with van der Waals surface area (Å²) in [5.74, 6) is 0.839. The highest BCUT2D eigenvalue weighted by atomic mass is 79.9. The third kappa shape index (κ3) is 4.81. The van der Waals surface area contributed by atoms with Gasteiger partial charge in [-0.05, 0) is 99.4 Å². The van der Waals surface area contributed by atoms with Crippen molar-refractivity contribution in [1.82, 2.24) is 0 Å². The predicted molar refractivity (Wildman–Crippen MR) is 166 cm³/mol. The standard InChI is InChI=1S/C35H26BrNO/c1-38-32-21-19-31(20-22-32)37(30-17-13-28(36)14-18-30)29-15-10-25(11-16-29)12-23-35-33-8-4-2-6-26(33)24-27-7-3-5-9-34(27)35/h2-24H,1H3. The second kappa shape index (κ2) is 10.6. The SMILES string of the molecule is COc1ccc(N(c2ccc(Br)cc2)c2ccc(C=Cc3c4ccccc4cc4ccccc34)cc2)cc1. The van der Waals surface area contributed by atoms with Crippen molar-refractivity contribution < 1.29 is 4.74 Å². The van der Waals surface area contributed by atoms with Crippen LogP contribution in [0.4, 0.5) is 17.1 Å². The normalized spacial score (nSPS) is 11.3. The Labute approximate surface area is 231 Å². The predicted octanol–water partition coefficient (Wildman–Crippen LogP) is 10.4. The monoisotopic (exact) mass is 555 g/mol. The molecule has 38 heavy (non-hydrogen) atoms. The van der Waals surface area contributed by atoms with Gasteiger partial charge in [-0.3, -0.25) is 0 Å². The van der Waals surface area contributed by atoms with Crippen molar-refractivity contribution >= 4 is 66.7 Å². The minimum absolute atomic E-state index is 0.839. The molecule has 0 bridgehead atoms. The van der Waals surface area contributed by atoms with E-state index in [-0.39, 0.29) is 0 Å². The number of benzene rings is 6. The number of hydrogen-bond acceptors (Lipinski definition) is 2. The molecule has 0 fully saturated rings. The summed E-state index contributed by atoms with van der Waals surface area (Å²) < 4.78 is 6.43. The molecule has 3 heteroatoms. The van der Waals surface area contributed by atoms with Crippen LogP contribution in [-0.2, 0) is 0 Å². The van der Waals surface area contributed by atoms with E-state index in [4.69, 9.17) is 4.74 Å². The lowest BCUT2D eigenvalue weighted by Gasteiger charge is -2.25. The zero-order valence-corrected chi connectivity index (χ0v) is 22.6. The molecule has 0 aliphatic carbocycles. The first kappa shape index (κ1) is 24.0. The molecule has 184 valence electrons. The molecule has 0 aliphatic rings. The highest BCUT2D eigenvalue weighted by Crippen LogP contribution is 2.36. The molecule has 0 N–H and O–H groups in total. The minimum atomic E-state index is 0.839. The number of methoxy groups -OCH3 is 1. The Kier molecular flexibility index (Phi) is 6.68. The first-order valence-electron chi connectivity index (χ1n) is 12.6. The first-order chi connectivity index (χ1) is 18.7. The van der Waals surface area contributed by atoms with Gasteiger partial charge in [0.2, 0.25) is 0 Å². The van der Waals surface area contributed by atoms with Gasteiger partial charge in [-0.2, -0.15) is 0 Å². The number of rotatable bonds is 6. The Morgan fingerprint density at radius 1 is 0.579 bits per heavy atom. The Hall–Kier alpha value is -4.34. The van der Waals surface area contributed by atoms with Crippen molar-refractivity contribution in [3.05, 3.63) is 143 Å². The van der Waals surface area contributed by atoms with Crippen molar-refractivity contribution in [2.45, 2.75) is 0 Å². The van der Waals surface area contributed by atoms with Crippen LogP contribution in [0.2, 0.25) is 0 Å². The molecular weight excluding hydrogens is 530 g/mol. The average molecular weight is 557 g/mol. The number of halogens is 1. The van der Waals surface area contributed by atoms with Gasteiger partial charge in [0.05, 0.1) is 7.11 Å². The number of nitrogens with zero attached hydrogens (tertiary/aromatic N) is 1. The van der Waals surface area contributed by atoms with E-state index in [0.29, 0.717) is 0 Å². The third-order valence-electron chi connectivity index (χ3n) is 6.82. The molecule has 0 aliphatic heterocycles. The molecule has 0 radical (unpaired) electrons. The fourth-order valence-electron chi connectivity index (χ4n) is 4.91. The van der Waals surface area contributed by atoms with Crippen molar-refractivity contribution in [2.75, 3.05) is 12.0 Å². The molecule has 6 aromatic rings. The van der Waals surface area contributed by atoms with Crippen LogP contribution >= 0.6 is 15.9 Å². The molecule has 0 saturated heterocycles. The van der Waals surface area contributed by atoms with Crippen LogP contribution in [-0.4, -0.2) is 7.11 Å². The maximum Gasteiger partial charge on any atom is 0.119 e. The second-order valence-electron chi connectivity index (χ2n) is 9.17. The van der Waals surface area contributed by atoms with Crippen LogP contribution in [0.3, 0.4) is 0 Å². The van der Waals surface area contributed by atoms with Crippen LogP contribution in [0.1, 0.15) is 11.1 Å². The summed E-state index contributed by atoms with van der Waals surface area (Å²) in [6, 6.07) is 44.7. The number of ether oxygens (including phenoxy) is 1. The maximum absolute atomic E-state index is 5.38. The summed E-state index contributed by atoms with van der Waals surface area (Å²) in [4.78, 5) is 2.25. The van der Waals surface area contributed by atoms with Gasteiger partial charge in [-0.25, -0.2) is 0 Å². The van der Waals surface area contributed by atoms with Crippen LogP contribution in [0.25, 0.3) is 33.7 Å². The van der Waals surface area contributed by atoms with Crippen LogP contribution in [0.5, 0.6) is 5.75 Å². The number of hydrogen-bond donors (Lipinski definition) is 0. The summed E-state index contributed by atoms with van der Waals surface area (Å²) in [5.41, 5.74) is 5.64. The fraction of sp³-hybridized carbons (Fsp3) is 0.0286. The summed E-state index contributed by atoms with van der Waals surface area (Å²) in [6.07, 6.45) is 4.45. The van der Waals surface area contributed by atoms with E-state index in [1.54, 1.807) is 7.11 Å². The molecule has 0 spiro atoms. The fourth-order valence-corrected chi connectivity index (χ4v) is 5.18. The van der Waals surface area contributed by atoms with E-state index >= 15 is 0 Å². The van der Waals surface area contributed by atoms with Gasteiger partial charge in [-0.15, -0.1) is 0 Å². The van der Waals surface area contributed by atoms with E-state index in [1.165, 1.54) is 27.1 Å². The van der Waals surface area contributed by atoms with Crippen molar-refractivity contribution in [2.24, 2.45) is 0 Å². The molecule has 6 rings (SSSR count). The van der Waals surface area contributed by atoms with E-state index in [2.05, 4.69) is 148 Å². The first-order valence-corrected chi connectivity index (χ1v) is 13.4. The van der Waals surface area contributed by atoms with Gasteiger partial charge in [0, 0.05) is 21.5 Å². The molecular formula is C35H26BrNO. The van der Waals surface area contributed by atoms with Gasteiger partial charge >= 0.3 is 0 Å². The summed E-state index contributed by atoms with van der Waals surface area (Å²) in [7, 11) is 1.69. The molecule has 0 heterocycles. The molecule has 0 aromatic heterocycles. The second-order valence-corrected chi connectivity index (χ2v) is 10.1. The quantitative estimate of drug-likeness (QED) is 0.150. The molecule has 0 amide bonds. The summed E-state index contributed by atoms with van der Waals surface area (Å²) >= 11 is 3.56. The topological polar surface area (TPSA) is 12.5 Å². The lowest BCUT2D eigenvalue weighted by atomic mass is 9.96. The highest BCUT2D eigenvalue weighted by molar-refractivity contribution is 9.10. The van der Waals surface area contributed by atoms with Crippen LogP contribution < -0.4 is 9.64 Å². The lowest BCUT2D eigenvalue weighted by Crippen LogP contribution is -2.09. The zero-order valence-electron chi connectivity index (χ0n) is 21.0. The number of anilines is 3. The Balaban J connectivity index is 1.37. The average Bonchev–Trinajstić information content (AvgIpc) is 2.97. The molecule has 6 aromatic carbocycles. The molecule has 2 nitrogen and oxygen atoms in total. The van der Waals surface area contributed by atoms with Gasteiger partial charge in [0.25, 0.3) is 0 Å². The maximum atomic E-state index is 5.38. The number of fused-ring (bicyclic) bond motifs is 2. The lowest BCUT2D eigenvalue weighted by molar-refractivity contribution is 0.415. The minimum Gasteiger partial charge on any atom is -0.497 e. The van der Waals surface area contributed by atoms with E-state index < -0.39 is 0 Å². The van der Waals surface area contributed by atoms with Crippen molar-refractivity contribution in [1.29, 1.82) is 0 Å². The van der Waals surface area contributed by atoms with Gasteiger partial charge in [-0.1, -0.05) is 88.7 Å². The Morgan fingerprint density at radius 3 is 1.63 bits per heavy atom. The van der Waals surface area contributed by atoms with Gasteiger partial charge in [0.1, 0.15) is 5.75 Å². The van der Waals surface area contributed by atoms with Gasteiger partial charge < -0.3 is 9.64 Å². The largest absolute Gasteiger partial charge is 0.497 e. The van der Waals surface area contributed by atoms with Gasteiger partial charge in [0.15, 0.2) is 0 Å². The van der Waals surface area contributed by atoms with E-state index in [0.717, 1.165) is 32.8 Å². The molecule has 0 atom stereocenters. The van der Waals surface area contributed by atoms with Crippen LogP contribution in [0.15, 0.2) is 132 Å².